The number of rotatable bonds is 3. The van der Waals surface area contributed by atoms with Gasteiger partial charge >= 0.3 is 0 Å². The SMILES string of the molecule is Cc1cccc(CNC(C)C#N)n1. The topological polar surface area (TPSA) is 48.7 Å². The van der Waals surface area contributed by atoms with Gasteiger partial charge in [-0.15, -0.1) is 0 Å². The van der Waals surface area contributed by atoms with Gasteiger partial charge in [0.2, 0.25) is 0 Å². The maximum Gasteiger partial charge on any atom is 0.0927 e. The first-order valence-electron chi connectivity index (χ1n) is 4.28. The van der Waals surface area contributed by atoms with Gasteiger partial charge in [-0.2, -0.15) is 5.26 Å². The van der Waals surface area contributed by atoms with Crippen molar-refractivity contribution in [3.8, 4) is 6.07 Å². The van der Waals surface area contributed by atoms with Gasteiger partial charge in [0.25, 0.3) is 0 Å². The Labute approximate surface area is 78.4 Å². The smallest absolute Gasteiger partial charge is 0.0927 e. The van der Waals surface area contributed by atoms with Crippen molar-refractivity contribution in [2.45, 2.75) is 26.4 Å². The lowest BCUT2D eigenvalue weighted by Gasteiger charge is -2.05. The molecule has 1 aromatic rings. The van der Waals surface area contributed by atoms with Crippen LogP contribution in [0, 0.1) is 18.3 Å². The molecule has 0 spiro atoms. The molecular formula is C10H13N3. The molecule has 0 fully saturated rings. The lowest BCUT2D eigenvalue weighted by Crippen LogP contribution is -2.24. The minimum absolute atomic E-state index is 0.123. The molecule has 0 amide bonds. The standard InChI is InChI=1S/C10H13N3/c1-8-4-3-5-10(13-8)7-12-9(2)6-11/h3-5,9,12H,7H2,1-2H3. The first-order chi connectivity index (χ1) is 6.22. The molecule has 1 rings (SSSR count). The second-order valence-corrected chi connectivity index (χ2v) is 3.00. The Balaban J connectivity index is 2.51. The molecule has 0 bridgehead atoms. The summed E-state index contributed by atoms with van der Waals surface area (Å²) in [5.74, 6) is 0. The predicted molar refractivity (Wildman–Crippen MR) is 50.9 cm³/mol. The van der Waals surface area contributed by atoms with Crippen LogP contribution in [0.2, 0.25) is 0 Å². The molecule has 0 saturated carbocycles. The number of aromatic nitrogens is 1. The molecule has 3 nitrogen and oxygen atoms in total. The Hall–Kier alpha value is -1.40. The van der Waals surface area contributed by atoms with Crippen LogP contribution in [0.1, 0.15) is 18.3 Å². The Morgan fingerprint density at radius 1 is 1.62 bits per heavy atom. The van der Waals surface area contributed by atoms with Crippen molar-refractivity contribution in [3.63, 3.8) is 0 Å². The molecule has 1 unspecified atom stereocenters. The zero-order chi connectivity index (χ0) is 9.68. The Morgan fingerprint density at radius 2 is 2.38 bits per heavy atom. The molecule has 68 valence electrons. The number of aryl methyl sites for hydroxylation is 1. The van der Waals surface area contributed by atoms with E-state index in [-0.39, 0.29) is 6.04 Å². The van der Waals surface area contributed by atoms with Crippen LogP contribution in [-0.4, -0.2) is 11.0 Å². The minimum atomic E-state index is -0.123. The fourth-order valence-electron chi connectivity index (χ4n) is 1.00. The minimum Gasteiger partial charge on any atom is -0.296 e. The molecule has 3 heteroatoms. The first-order valence-corrected chi connectivity index (χ1v) is 4.28. The number of nitrogens with zero attached hydrogens (tertiary/aromatic N) is 2. The second-order valence-electron chi connectivity index (χ2n) is 3.00. The third-order valence-electron chi connectivity index (χ3n) is 1.73. The number of pyridine rings is 1. The van der Waals surface area contributed by atoms with Crippen LogP contribution in [0.15, 0.2) is 18.2 Å². The van der Waals surface area contributed by atoms with E-state index in [1.165, 1.54) is 0 Å². The third kappa shape index (κ3) is 3.22. The van der Waals surface area contributed by atoms with Crippen molar-refractivity contribution in [2.75, 3.05) is 0 Å². The highest BCUT2D eigenvalue weighted by Gasteiger charge is 1.98. The van der Waals surface area contributed by atoms with Crippen LogP contribution in [0.25, 0.3) is 0 Å². The molecule has 1 N–H and O–H groups in total. The van der Waals surface area contributed by atoms with Gasteiger partial charge in [-0.1, -0.05) is 6.07 Å². The van der Waals surface area contributed by atoms with Crippen molar-refractivity contribution in [3.05, 3.63) is 29.6 Å². The van der Waals surface area contributed by atoms with Crippen LogP contribution in [-0.2, 0) is 6.54 Å². The van der Waals surface area contributed by atoms with Crippen LogP contribution < -0.4 is 5.32 Å². The average molecular weight is 175 g/mol. The largest absolute Gasteiger partial charge is 0.296 e. The van der Waals surface area contributed by atoms with E-state index in [2.05, 4.69) is 16.4 Å². The van der Waals surface area contributed by atoms with E-state index in [9.17, 15) is 0 Å². The molecule has 13 heavy (non-hydrogen) atoms. The zero-order valence-corrected chi connectivity index (χ0v) is 7.91. The van der Waals surface area contributed by atoms with Gasteiger partial charge in [0.15, 0.2) is 0 Å². The fourth-order valence-corrected chi connectivity index (χ4v) is 1.00. The summed E-state index contributed by atoms with van der Waals surface area (Å²) < 4.78 is 0. The third-order valence-corrected chi connectivity index (χ3v) is 1.73. The summed E-state index contributed by atoms with van der Waals surface area (Å²) in [4.78, 5) is 4.31. The van der Waals surface area contributed by atoms with Crippen molar-refractivity contribution < 1.29 is 0 Å². The summed E-state index contributed by atoms with van der Waals surface area (Å²) in [6, 6.07) is 7.86. The quantitative estimate of drug-likeness (QED) is 0.755. The van der Waals surface area contributed by atoms with Crippen LogP contribution in [0.5, 0.6) is 0 Å². The molecule has 0 radical (unpaired) electrons. The van der Waals surface area contributed by atoms with E-state index >= 15 is 0 Å². The number of nitriles is 1. The van der Waals surface area contributed by atoms with Gasteiger partial charge in [0.1, 0.15) is 0 Å². The van der Waals surface area contributed by atoms with Gasteiger partial charge in [0.05, 0.1) is 17.8 Å². The van der Waals surface area contributed by atoms with E-state index in [4.69, 9.17) is 5.26 Å². The van der Waals surface area contributed by atoms with Gasteiger partial charge < -0.3 is 0 Å². The molecule has 1 aromatic heterocycles. The molecule has 0 aliphatic carbocycles. The van der Waals surface area contributed by atoms with Gasteiger partial charge in [-0.05, 0) is 26.0 Å². The molecule has 0 aromatic carbocycles. The fraction of sp³-hybridized carbons (Fsp3) is 0.400. The number of nitrogens with one attached hydrogen (secondary N) is 1. The van der Waals surface area contributed by atoms with Gasteiger partial charge in [-0.25, -0.2) is 0 Å². The molecular weight excluding hydrogens is 162 g/mol. The lowest BCUT2D eigenvalue weighted by molar-refractivity contribution is 0.631. The van der Waals surface area contributed by atoms with E-state index in [1.807, 2.05) is 32.0 Å². The number of hydrogen-bond donors (Lipinski definition) is 1. The van der Waals surface area contributed by atoms with E-state index in [0.717, 1.165) is 11.4 Å². The molecule has 0 saturated heterocycles. The summed E-state index contributed by atoms with van der Waals surface area (Å²) in [6.07, 6.45) is 0. The average Bonchev–Trinajstić information content (AvgIpc) is 2.14. The van der Waals surface area contributed by atoms with Crippen LogP contribution in [0.3, 0.4) is 0 Å². The highest BCUT2D eigenvalue weighted by atomic mass is 14.9. The molecule has 0 aliphatic heterocycles. The van der Waals surface area contributed by atoms with Crippen molar-refractivity contribution in [2.24, 2.45) is 0 Å². The van der Waals surface area contributed by atoms with E-state index < -0.39 is 0 Å². The molecule has 0 aliphatic rings. The van der Waals surface area contributed by atoms with Crippen molar-refractivity contribution in [1.29, 1.82) is 5.26 Å². The maximum absolute atomic E-state index is 8.53. The van der Waals surface area contributed by atoms with E-state index in [0.29, 0.717) is 6.54 Å². The van der Waals surface area contributed by atoms with Gasteiger partial charge in [0, 0.05) is 12.2 Å². The lowest BCUT2D eigenvalue weighted by atomic mass is 10.3. The van der Waals surface area contributed by atoms with Crippen LogP contribution in [0.4, 0.5) is 0 Å². The maximum atomic E-state index is 8.53. The highest BCUT2D eigenvalue weighted by molar-refractivity contribution is 5.10. The summed E-state index contributed by atoms with van der Waals surface area (Å²) in [7, 11) is 0. The van der Waals surface area contributed by atoms with Crippen molar-refractivity contribution >= 4 is 0 Å². The zero-order valence-electron chi connectivity index (χ0n) is 7.91. The summed E-state index contributed by atoms with van der Waals surface area (Å²) in [5, 5.41) is 11.6. The summed E-state index contributed by atoms with van der Waals surface area (Å²) >= 11 is 0. The molecule has 1 atom stereocenters. The van der Waals surface area contributed by atoms with E-state index in [1.54, 1.807) is 0 Å². The monoisotopic (exact) mass is 175 g/mol. The number of hydrogen-bond acceptors (Lipinski definition) is 3. The Bertz CT molecular complexity index is 314. The Morgan fingerprint density at radius 3 is 3.00 bits per heavy atom. The second kappa shape index (κ2) is 4.58. The molecule has 1 heterocycles. The predicted octanol–water partition coefficient (Wildman–Crippen LogP) is 1.39. The Kier molecular flexibility index (Phi) is 3.41. The van der Waals surface area contributed by atoms with Crippen LogP contribution >= 0.6 is 0 Å². The van der Waals surface area contributed by atoms with Gasteiger partial charge in [-0.3, -0.25) is 10.3 Å². The summed E-state index contributed by atoms with van der Waals surface area (Å²) in [5.41, 5.74) is 1.98. The van der Waals surface area contributed by atoms with Crippen molar-refractivity contribution in [1.82, 2.24) is 10.3 Å². The summed E-state index contributed by atoms with van der Waals surface area (Å²) in [6.45, 7) is 4.43. The normalized spacial score (nSPS) is 12.1. The highest BCUT2D eigenvalue weighted by Crippen LogP contribution is 1.97. The first kappa shape index (κ1) is 9.69.